The first-order valence-corrected chi connectivity index (χ1v) is 6.92. The zero-order valence-corrected chi connectivity index (χ0v) is 12.9. The fraction of sp³-hybridized carbons (Fsp3) is 0.412. The number of aromatic nitrogens is 2. The van der Waals surface area contributed by atoms with Crippen molar-refractivity contribution in [1.82, 2.24) is 9.97 Å². The van der Waals surface area contributed by atoms with Crippen LogP contribution >= 0.6 is 0 Å². The van der Waals surface area contributed by atoms with Crippen LogP contribution in [-0.2, 0) is 11.8 Å². The van der Waals surface area contributed by atoms with Crippen LogP contribution in [0.1, 0.15) is 49.0 Å². The van der Waals surface area contributed by atoms with Crippen molar-refractivity contribution in [3.05, 3.63) is 62.8 Å². The second-order valence-corrected chi connectivity index (χ2v) is 6.50. The molecular formula is C17H22N2O. The summed E-state index contributed by atoms with van der Waals surface area (Å²) in [5, 5.41) is 0. The molecule has 0 bridgehead atoms. The molecular weight excluding hydrogens is 248 g/mol. The number of H-pyrrole nitrogens is 1. The van der Waals surface area contributed by atoms with Gasteiger partial charge in [-0.05, 0) is 19.4 Å². The third-order valence-electron chi connectivity index (χ3n) is 3.21. The predicted molar refractivity (Wildman–Crippen MR) is 82.3 cm³/mol. The van der Waals surface area contributed by atoms with E-state index in [9.17, 15) is 4.79 Å². The molecule has 1 N–H and O–H groups in total. The molecule has 0 aliphatic heterocycles. The maximum absolute atomic E-state index is 11.8. The monoisotopic (exact) mass is 270 g/mol. The molecule has 0 radical (unpaired) electrons. The molecule has 1 aromatic carbocycles. The molecule has 2 aromatic rings. The molecule has 1 aromatic heterocycles. The first-order chi connectivity index (χ1) is 9.24. The summed E-state index contributed by atoms with van der Waals surface area (Å²) >= 11 is 0. The van der Waals surface area contributed by atoms with Crippen molar-refractivity contribution in [2.45, 2.75) is 46.5 Å². The quantitative estimate of drug-likeness (QED) is 0.910. The van der Waals surface area contributed by atoms with Gasteiger partial charge in [0, 0.05) is 17.9 Å². The molecule has 0 unspecified atom stereocenters. The minimum atomic E-state index is -0.120. The van der Waals surface area contributed by atoms with Gasteiger partial charge in [-0.3, -0.25) is 4.79 Å². The zero-order chi connectivity index (χ0) is 14.9. The van der Waals surface area contributed by atoms with Crippen molar-refractivity contribution in [1.29, 1.82) is 0 Å². The molecule has 0 saturated carbocycles. The highest BCUT2D eigenvalue weighted by atomic mass is 16.1. The van der Waals surface area contributed by atoms with Gasteiger partial charge in [0.1, 0.15) is 5.82 Å². The number of rotatable bonds is 2. The van der Waals surface area contributed by atoms with Crippen LogP contribution in [0.15, 0.2) is 29.1 Å². The topological polar surface area (TPSA) is 45.8 Å². The Morgan fingerprint density at radius 3 is 2.20 bits per heavy atom. The Labute approximate surface area is 120 Å². The number of aryl methyl sites for hydroxylation is 2. The molecule has 0 saturated heterocycles. The van der Waals surface area contributed by atoms with Gasteiger partial charge < -0.3 is 4.98 Å². The van der Waals surface area contributed by atoms with E-state index in [0.717, 1.165) is 11.5 Å². The van der Waals surface area contributed by atoms with Crippen molar-refractivity contribution in [3.8, 4) is 0 Å². The standard InChI is InChI=1S/C17H22N2O/c1-11-6-12(2)8-13(7-11)9-15-18-14(17(3,4)5)10-16(20)19-15/h6-8,10H,9H2,1-5H3,(H,18,19,20). The fourth-order valence-corrected chi connectivity index (χ4v) is 2.34. The summed E-state index contributed by atoms with van der Waals surface area (Å²) in [6.45, 7) is 10.4. The minimum absolute atomic E-state index is 0.0794. The van der Waals surface area contributed by atoms with E-state index < -0.39 is 0 Å². The normalized spacial score (nSPS) is 11.7. The number of benzene rings is 1. The van der Waals surface area contributed by atoms with E-state index >= 15 is 0 Å². The highest BCUT2D eigenvalue weighted by molar-refractivity contribution is 5.30. The molecule has 0 atom stereocenters. The van der Waals surface area contributed by atoms with Crippen LogP contribution in [0, 0.1) is 13.8 Å². The molecule has 2 rings (SSSR count). The molecule has 0 spiro atoms. The smallest absolute Gasteiger partial charge is 0.251 e. The molecule has 106 valence electrons. The Kier molecular flexibility index (Phi) is 3.80. The van der Waals surface area contributed by atoms with Crippen LogP contribution < -0.4 is 5.56 Å². The third kappa shape index (κ3) is 3.56. The van der Waals surface area contributed by atoms with Crippen LogP contribution in [0.25, 0.3) is 0 Å². The van der Waals surface area contributed by atoms with Gasteiger partial charge in [-0.25, -0.2) is 4.98 Å². The van der Waals surface area contributed by atoms with Crippen molar-refractivity contribution in [2.75, 3.05) is 0 Å². The SMILES string of the molecule is Cc1cc(C)cc(Cc2nc(C(C)(C)C)cc(=O)[nH]2)c1. The lowest BCUT2D eigenvalue weighted by atomic mass is 9.92. The van der Waals surface area contributed by atoms with Crippen molar-refractivity contribution < 1.29 is 0 Å². The highest BCUT2D eigenvalue weighted by Gasteiger charge is 2.17. The Hall–Kier alpha value is -1.90. The van der Waals surface area contributed by atoms with Crippen molar-refractivity contribution >= 4 is 0 Å². The van der Waals surface area contributed by atoms with Gasteiger partial charge in [0.25, 0.3) is 5.56 Å². The van der Waals surface area contributed by atoms with E-state index in [1.807, 2.05) is 0 Å². The van der Waals surface area contributed by atoms with E-state index in [-0.39, 0.29) is 11.0 Å². The summed E-state index contributed by atoms with van der Waals surface area (Å²) in [7, 11) is 0. The van der Waals surface area contributed by atoms with Gasteiger partial charge in [0.05, 0.1) is 5.69 Å². The number of hydrogen-bond donors (Lipinski definition) is 1. The zero-order valence-electron chi connectivity index (χ0n) is 12.9. The van der Waals surface area contributed by atoms with Gasteiger partial charge in [0.15, 0.2) is 0 Å². The lowest BCUT2D eigenvalue weighted by Crippen LogP contribution is -2.21. The van der Waals surface area contributed by atoms with E-state index in [0.29, 0.717) is 6.42 Å². The molecule has 3 nitrogen and oxygen atoms in total. The van der Waals surface area contributed by atoms with Crippen LogP contribution in [0.4, 0.5) is 0 Å². The minimum Gasteiger partial charge on any atom is -0.310 e. The van der Waals surface area contributed by atoms with E-state index in [4.69, 9.17) is 0 Å². The second-order valence-electron chi connectivity index (χ2n) is 6.50. The maximum Gasteiger partial charge on any atom is 0.251 e. The van der Waals surface area contributed by atoms with Crippen LogP contribution in [0.2, 0.25) is 0 Å². The number of hydrogen-bond acceptors (Lipinski definition) is 2. The summed E-state index contributed by atoms with van der Waals surface area (Å²) in [5.74, 6) is 0.729. The van der Waals surface area contributed by atoms with Crippen LogP contribution in [-0.4, -0.2) is 9.97 Å². The number of aromatic amines is 1. The van der Waals surface area contributed by atoms with Gasteiger partial charge in [-0.15, -0.1) is 0 Å². The second kappa shape index (κ2) is 5.23. The molecule has 0 aliphatic rings. The fourth-order valence-electron chi connectivity index (χ4n) is 2.34. The van der Waals surface area contributed by atoms with E-state index in [1.165, 1.54) is 16.7 Å². The average molecular weight is 270 g/mol. The lowest BCUT2D eigenvalue weighted by molar-refractivity contribution is 0.561. The Bertz CT molecular complexity index is 658. The Balaban J connectivity index is 2.39. The molecule has 20 heavy (non-hydrogen) atoms. The summed E-state index contributed by atoms with van der Waals surface area (Å²) in [6.07, 6.45) is 0.654. The summed E-state index contributed by atoms with van der Waals surface area (Å²) < 4.78 is 0. The van der Waals surface area contributed by atoms with Crippen molar-refractivity contribution in [2.24, 2.45) is 0 Å². The summed E-state index contributed by atoms with van der Waals surface area (Å²) in [6, 6.07) is 8.00. The summed E-state index contributed by atoms with van der Waals surface area (Å²) in [4.78, 5) is 19.2. The van der Waals surface area contributed by atoms with E-state index in [1.54, 1.807) is 6.07 Å². The number of nitrogens with one attached hydrogen (secondary N) is 1. The summed E-state index contributed by atoms with van der Waals surface area (Å²) in [5.41, 5.74) is 4.27. The predicted octanol–water partition coefficient (Wildman–Crippen LogP) is 3.28. The van der Waals surface area contributed by atoms with Gasteiger partial charge in [0.2, 0.25) is 0 Å². The maximum atomic E-state index is 11.8. The van der Waals surface area contributed by atoms with Crippen LogP contribution in [0.3, 0.4) is 0 Å². The molecule has 0 aliphatic carbocycles. The molecule has 3 heteroatoms. The lowest BCUT2D eigenvalue weighted by Gasteiger charge is -2.18. The average Bonchev–Trinajstić information content (AvgIpc) is 2.25. The third-order valence-corrected chi connectivity index (χ3v) is 3.21. The van der Waals surface area contributed by atoms with Gasteiger partial charge in [-0.2, -0.15) is 0 Å². The van der Waals surface area contributed by atoms with Crippen molar-refractivity contribution in [3.63, 3.8) is 0 Å². The van der Waals surface area contributed by atoms with E-state index in [2.05, 4.69) is 62.8 Å². The first-order valence-electron chi connectivity index (χ1n) is 6.92. The Morgan fingerprint density at radius 2 is 1.65 bits per heavy atom. The molecule has 0 amide bonds. The van der Waals surface area contributed by atoms with Crippen LogP contribution in [0.5, 0.6) is 0 Å². The molecule has 1 heterocycles. The largest absolute Gasteiger partial charge is 0.310 e. The molecule has 0 fully saturated rings. The highest BCUT2D eigenvalue weighted by Crippen LogP contribution is 2.19. The Morgan fingerprint density at radius 1 is 1.05 bits per heavy atom. The first kappa shape index (κ1) is 14.5. The van der Waals surface area contributed by atoms with Gasteiger partial charge >= 0.3 is 0 Å². The van der Waals surface area contributed by atoms with Gasteiger partial charge in [-0.1, -0.05) is 50.1 Å². The number of nitrogens with zero attached hydrogens (tertiary/aromatic N) is 1.